The zero-order chi connectivity index (χ0) is 16.7. The summed E-state index contributed by atoms with van der Waals surface area (Å²) < 4.78 is 4.59. The number of aromatic nitrogens is 1. The van der Waals surface area contributed by atoms with Crippen LogP contribution in [0.25, 0.3) is 0 Å². The highest BCUT2D eigenvalue weighted by Gasteiger charge is 2.11. The number of hydrogen-bond acceptors (Lipinski definition) is 5. The smallest absolute Gasteiger partial charge is 0.305 e. The maximum atomic E-state index is 11.1. The molecule has 0 aliphatic rings. The Hall–Kier alpha value is -3.20. The summed E-state index contributed by atoms with van der Waals surface area (Å²) in [7, 11) is 1.36. The minimum atomic E-state index is -0.507. The van der Waals surface area contributed by atoms with Crippen LogP contribution in [0.4, 0.5) is 5.69 Å². The molecular weight excluding hydrogens is 296 g/mol. The molecule has 0 N–H and O–H groups in total. The molecule has 0 spiro atoms. The highest BCUT2D eigenvalue weighted by molar-refractivity contribution is 5.69. The molecular formula is C17H14N2O4. The van der Waals surface area contributed by atoms with Gasteiger partial charge in [-0.3, -0.25) is 14.9 Å². The summed E-state index contributed by atoms with van der Waals surface area (Å²) in [5.41, 5.74) is 1.72. The third-order valence-electron chi connectivity index (χ3n) is 3.11. The predicted molar refractivity (Wildman–Crippen MR) is 83.7 cm³/mol. The largest absolute Gasteiger partial charge is 0.469 e. The number of esters is 1. The summed E-state index contributed by atoms with van der Waals surface area (Å²) >= 11 is 0. The fourth-order valence-electron chi connectivity index (χ4n) is 1.88. The van der Waals surface area contributed by atoms with Crippen LogP contribution in [0.2, 0.25) is 0 Å². The van der Waals surface area contributed by atoms with Crippen LogP contribution in [0.5, 0.6) is 0 Å². The van der Waals surface area contributed by atoms with Gasteiger partial charge in [0.1, 0.15) is 0 Å². The maximum absolute atomic E-state index is 11.1. The normalized spacial score (nSPS) is 9.61. The van der Waals surface area contributed by atoms with E-state index in [0.29, 0.717) is 18.4 Å². The van der Waals surface area contributed by atoms with E-state index in [1.54, 1.807) is 12.1 Å². The molecule has 0 radical (unpaired) electrons. The van der Waals surface area contributed by atoms with Gasteiger partial charge < -0.3 is 4.74 Å². The van der Waals surface area contributed by atoms with Crippen molar-refractivity contribution in [3.8, 4) is 11.8 Å². The lowest BCUT2D eigenvalue weighted by molar-refractivity contribution is -0.385. The molecule has 1 aromatic heterocycles. The first-order chi connectivity index (χ1) is 11.1. The standard InChI is InChI=1S/C17H14N2O4/c1-23-17(20)11-9-14-6-4-13(5-7-14)8-10-15-16(19(21)22)3-2-12-18-15/h2-7,12H,9,11H2,1H3. The van der Waals surface area contributed by atoms with E-state index in [2.05, 4.69) is 21.6 Å². The Morgan fingerprint density at radius 3 is 2.65 bits per heavy atom. The van der Waals surface area contributed by atoms with Crippen LogP contribution in [0, 0.1) is 22.0 Å². The lowest BCUT2D eigenvalue weighted by Crippen LogP contribution is -2.01. The summed E-state index contributed by atoms with van der Waals surface area (Å²) in [5, 5.41) is 10.9. The van der Waals surface area contributed by atoms with Crippen LogP contribution in [0.1, 0.15) is 23.2 Å². The van der Waals surface area contributed by atoms with Gasteiger partial charge >= 0.3 is 11.7 Å². The highest BCUT2D eigenvalue weighted by Crippen LogP contribution is 2.14. The fourth-order valence-corrected chi connectivity index (χ4v) is 1.88. The fraction of sp³-hybridized carbons (Fsp3) is 0.176. The van der Waals surface area contributed by atoms with Crippen molar-refractivity contribution in [1.29, 1.82) is 0 Å². The van der Waals surface area contributed by atoms with E-state index in [0.717, 1.165) is 5.56 Å². The number of ether oxygens (including phenoxy) is 1. The Kier molecular flexibility index (Phi) is 5.42. The van der Waals surface area contributed by atoms with Crippen molar-refractivity contribution in [2.45, 2.75) is 12.8 Å². The average Bonchev–Trinajstić information content (AvgIpc) is 2.58. The Bertz CT molecular complexity index is 773. The molecule has 2 aromatic rings. The monoisotopic (exact) mass is 310 g/mol. The molecule has 0 bridgehead atoms. The Labute approximate surface area is 133 Å². The van der Waals surface area contributed by atoms with E-state index < -0.39 is 4.92 Å². The van der Waals surface area contributed by atoms with Gasteiger partial charge in [0.25, 0.3) is 0 Å². The third-order valence-corrected chi connectivity index (χ3v) is 3.11. The number of carbonyl (C=O) groups is 1. The molecule has 0 amide bonds. The summed E-state index contributed by atoms with van der Waals surface area (Å²) in [6, 6.07) is 10.2. The number of aryl methyl sites for hydroxylation is 1. The summed E-state index contributed by atoms with van der Waals surface area (Å²) in [5.74, 6) is 5.31. The van der Waals surface area contributed by atoms with Crippen LogP contribution < -0.4 is 0 Å². The number of carbonyl (C=O) groups excluding carboxylic acids is 1. The Balaban J connectivity index is 2.11. The molecule has 0 unspecified atom stereocenters. The maximum Gasteiger partial charge on any atom is 0.305 e. The number of methoxy groups -OCH3 is 1. The van der Waals surface area contributed by atoms with Gasteiger partial charge in [-0.25, -0.2) is 4.98 Å². The minimum Gasteiger partial charge on any atom is -0.469 e. The Morgan fingerprint density at radius 1 is 1.26 bits per heavy atom. The van der Waals surface area contributed by atoms with Gasteiger partial charge in [-0.05, 0) is 36.1 Å². The van der Waals surface area contributed by atoms with Crippen molar-refractivity contribution in [3.05, 3.63) is 69.5 Å². The lowest BCUT2D eigenvalue weighted by atomic mass is 10.1. The van der Waals surface area contributed by atoms with Gasteiger partial charge in [-0.15, -0.1) is 0 Å². The van der Waals surface area contributed by atoms with Crippen LogP contribution in [-0.4, -0.2) is 23.0 Å². The second kappa shape index (κ2) is 7.71. The first-order valence-corrected chi connectivity index (χ1v) is 6.87. The molecule has 0 saturated heterocycles. The Morgan fingerprint density at radius 2 is 2.00 bits per heavy atom. The van der Waals surface area contributed by atoms with Crippen LogP contribution in [0.15, 0.2) is 42.6 Å². The van der Waals surface area contributed by atoms with Crippen molar-refractivity contribution in [3.63, 3.8) is 0 Å². The zero-order valence-electron chi connectivity index (χ0n) is 12.5. The van der Waals surface area contributed by atoms with Gasteiger partial charge in [0.15, 0.2) is 5.69 Å². The average molecular weight is 310 g/mol. The molecule has 0 saturated carbocycles. The van der Waals surface area contributed by atoms with Gasteiger partial charge in [-0.1, -0.05) is 18.1 Å². The SMILES string of the molecule is COC(=O)CCc1ccc(C#Cc2ncccc2[N+](=O)[O-])cc1. The van der Waals surface area contributed by atoms with E-state index in [9.17, 15) is 14.9 Å². The summed E-state index contributed by atoms with van der Waals surface area (Å²) in [6.07, 6.45) is 2.38. The number of nitro groups is 1. The van der Waals surface area contributed by atoms with E-state index in [1.807, 2.05) is 12.1 Å². The molecule has 0 atom stereocenters. The molecule has 116 valence electrons. The molecule has 1 heterocycles. The summed E-state index contributed by atoms with van der Waals surface area (Å²) in [4.78, 5) is 25.4. The van der Waals surface area contributed by atoms with Crippen molar-refractivity contribution in [2.24, 2.45) is 0 Å². The molecule has 0 aliphatic heterocycles. The quantitative estimate of drug-likeness (QED) is 0.375. The van der Waals surface area contributed by atoms with Crippen LogP contribution in [-0.2, 0) is 16.0 Å². The van der Waals surface area contributed by atoms with Crippen LogP contribution in [0.3, 0.4) is 0 Å². The predicted octanol–water partition coefficient (Wildman–Crippen LogP) is 2.50. The lowest BCUT2D eigenvalue weighted by Gasteiger charge is -2.00. The van der Waals surface area contributed by atoms with Gasteiger partial charge in [0.05, 0.1) is 12.0 Å². The second-order valence-corrected chi connectivity index (χ2v) is 4.65. The third kappa shape index (κ3) is 4.64. The van der Waals surface area contributed by atoms with E-state index in [1.165, 1.54) is 25.4 Å². The molecule has 0 aliphatic carbocycles. The van der Waals surface area contributed by atoms with Crippen molar-refractivity contribution < 1.29 is 14.5 Å². The van der Waals surface area contributed by atoms with E-state index >= 15 is 0 Å². The van der Waals surface area contributed by atoms with Crippen molar-refractivity contribution >= 4 is 11.7 Å². The molecule has 2 rings (SSSR count). The first-order valence-electron chi connectivity index (χ1n) is 6.87. The van der Waals surface area contributed by atoms with E-state index in [4.69, 9.17) is 0 Å². The van der Waals surface area contributed by atoms with Gasteiger partial charge in [0, 0.05) is 24.2 Å². The number of pyridine rings is 1. The minimum absolute atomic E-state index is 0.116. The van der Waals surface area contributed by atoms with Gasteiger partial charge in [0.2, 0.25) is 0 Å². The number of benzene rings is 1. The second-order valence-electron chi connectivity index (χ2n) is 4.65. The highest BCUT2D eigenvalue weighted by atomic mass is 16.6. The molecule has 6 heteroatoms. The van der Waals surface area contributed by atoms with Crippen molar-refractivity contribution in [1.82, 2.24) is 4.98 Å². The molecule has 0 fully saturated rings. The van der Waals surface area contributed by atoms with Crippen molar-refractivity contribution in [2.75, 3.05) is 7.11 Å². The zero-order valence-corrected chi connectivity index (χ0v) is 12.5. The number of rotatable bonds is 4. The summed E-state index contributed by atoms with van der Waals surface area (Å²) in [6.45, 7) is 0. The first kappa shape index (κ1) is 16.2. The van der Waals surface area contributed by atoms with Crippen LogP contribution >= 0.6 is 0 Å². The van der Waals surface area contributed by atoms with Gasteiger partial charge in [-0.2, -0.15) is 0 Å². The molecule has 23 heavy (non-hydrogen) atoms. The molecule has 1 aromatic carbocycles. The number of hydrogen-bond donors (Lipinski definition) is 0. The molecule has 6 nitrogen and oxygen atoms in total. The van der Waals surface area contributed by atoms with E-state index in [-0.39, 0.29) is 17.4 Å². The number of nitrogens with zero attached hydrogens (tertiary/aromatic N) is 2. The topological polar surface area (TPSA) is 82.3 Å².